The number of nitrogens with one attached hydrogen (secondary N) is 2. The van der Waals surface area contributed by atoms with Crippen molar-refractivity contribution in [2.24, 2.45) is 0 Å². The van der Waals surface area contributed by atoms with Crippen molar-refractivity contribution >= 4 is 11.7 Å². The standard InChI is InChI=1S/C8H9N7O/c9-6-3-5(1-2-10-6)8(16)11-4-7-12-14-15-13-7/h1-3H,4H2,(H2,9,10)(H,11,16)(H,12,13,14,15). The Bertz CT molecular complexity index is 481. The lowest BCUT2D eigenvalue weighted by Crippen LogP contribution is -2.23. The second kappa shape index (κ2) is 4.34. The minimum Gasteiger partial charge on any atom is -0.384 e. The Hall–Kier alpha value is -2.51. The van der Waals surface area contributed by atoms with Gasteiger partial charge < -0.3 is 11.1 Å². The quantitative estimate of drug-likeness (QED) is 0.615. The number of aromatic amines is 1. The Balaban J connectivity index is 1.98. The summed E-state index contributed by atoms with van der Waals surface area (Å²) in [4.78, 5) is 15.4. The van der Waals surface area contributed by atoms with Gasteiger partial charge in [-0.15, -0.1) is 10.2 Å². The number of H-pyrrole nitrogens is 1. The van der Waals surface area contributed by atoms with Crippen molar-refractivity contribution in [3.63, 3.8) is 0 Å². The molecule has 2 aromatic heterocycles. The van der Waals surface area contributed by atoms with E-state index in [9.17, 15) is 4.79 Å². The zero-order chi connectivity index (χ0) is 11.4. The number of hydrogen-bond acceptors (Lipinski definition) is 6. The first-order chi connectivity index (χ1) is 7.75. The molecule has 2 aromatic rings. The highest BCUT2D eigenvalue weighted by Crippen LogP contribution is 2.02. The lowest BCUT2D eigenvalue weighted by atomic mass is 10.2. The molecule has 0 unspecified atom stereocenters. The summed E-state index contributed by atoms with van der Waals surface area (Å²) in [5.41, 5.74) is 5.90. The number of anilines is 1. The highest BCUT2D eigenvalue weighted by Gasteiger charge is 2.06. The van der Waals surface area contributed by atoms with Crippen LogP contribution >= 0.6 is 0 Å². The van der Waals surface area contributed by atoms with E-state index in [2.05, 4.69) is 30.9 Å². The Kier molecular flexibility index (Phi) is 2.72. The molecule has 1 amide bonds. The molecule has 16 heavy (non-hydrogen) atoms. The van der Waals surface area contributed by atoms with Gasteiger partial charge in [0.25, 0.3) is 5.91 Å². The normalized spacial score (nSPS) is 10.0. The summed E-state index contributed by atoms with van der Waals surface area (Å²) in [5, 5.41) is 15.7. The topological polar surface area (TPSA) is 122 Å². The Morgan fingerprint density at radius 1 is 1.56 bits per heavy atom. The van der Waals surface area contributed by atoms with Crippen LogP contribution in [0.4, 0.5) is 5.82 Å². The van der Waals surface area contributed by atoms with E-state index in [1.165, 1.54) is 12.3 Å². The zero-order valence-corrected chi connectivity index (χ0v) is 8.21. The molecule has 0 fully saturated rings. The summed E-state index contributed by atoms with van der Waals surface area (Å²) in [6.07, 6.45) is 1.47. The maximum Gasteiger partial charge on any atom is 0.251 e. The van der Waals surface area contributed by atoms with Crippen molar-refractivity contribution in [3.8, 4) is 0 Å². The van der Waals surface area contributed by atoms with Crippen LogP contribution in [-0.4, -0.2) is 31.5 Å². The van der Waals surface area contributed by atoms with Gasteiger partial charge in [0.15, 0.2) is 5.82 Å². The summed E-state index contributed by atoms with van der Waals surface area (Å²) in [7, 11) is 0. The van der Waals surface area contributed by atoms with E-state index in [-0.39, 0.29) is 12.5 Å². The van der Waals surface area contributed by atoms with E-state index >= 15 is 0 Å². The molecule has 0 aliphatic rings. The highest BCUT2D eigenvalue weighted by molar-refractivity contribution is 5.94. The fraction of sp³-hybridized carbons (Fsp3) is 0.125. The fourth-order valence-electron chi connectivity index (χ4n) is 1.11. The monoisotopic (exact) mass is 219 g/mol. The average Bonchev–Trinajstić information content (AvgIpc) is 2.78. The number of carbonyl (C=O) groups excluding carboxylic acids is 1. The maximum atomic E-state index is 11.6. The third kappa shape index (κ3) is 2.29. The first-order valence-corrected chi connectivity index (χ1v) is 4.48. The van der Waals surface area contributed by atoms with E-state index in [0.29, 0.717) is 17.2 Å². The number of aromatic nitrogens is 5. The number of carbonyl (C=O) groups is 1. The average molecular weight is 219 g/mol. The molecule has 0 radical (unpaired) electrons. The van der Waals surface area contributed by atoms with Gasteiger partial charge in [0.1, 0.15) is 5.82 Å². The molecule has 8 nitrogen and oxygen atoms in total. The number of nitrogens with zero attached hydrogens (tertiary/aromatic N) is 4. The van der Waals surface area contributed by atoms with Gasteiger partial charge in [0, 0.05) is 11.8 Å². The summed E-state index contributed by atoms with van der Waals surface area (Å²) >= 11 is 0. The number of rotatable bonds is 3. The first kappa shape index (κ1) is 10.0. The molecule has 4 N–H and O–H groups in total. The van der Waals surface area contributed by atoms with Crippen LogP contribution in [0.3, 0.4) is 0 Å². The second-order valence-corrected chi connectivity index (χ2v) is 2.98. The van der Waals surface area contributed by atoms with Crippen molar-refractivity contribution in [3.05, 3.63) is 29.7 Å². The van der Waals surface area contributed by atoms with E-state index in [1.807, 2.05) is 0 Å². The molecule has 0 atom stereocenters. The molecule has 2 rings (SSSR count). The predicted octanol–water partition coefficient (Wildman–Crippen LogP) is -0.893. The summed E-state index contributed by atoms with van der Waals surface area (Å²) in [5.74, 6) is 0.446. The van der Waals surface area contributed by atoms with E-state index in [1.54, 1.807) is 6.07 Å². The predicted molar refractivity (Wildman–Crippen MR) is 54.0 cm³/mol. The maximum absolute atomic E-state index is 11.6. The molecule has 0 aliphatic carbocycles. The van der Waals surface area contributed by atoms with Crippen LogP contribution in [0.5, 0.6) is 0 Å². The van der Waals surface area contributed by atoms with Gasteiger partial charge in [-0.25, -0.2) is 4.98 Å². The van der Waals surface area contributed by atoms with Gasteiger partial charge in [-0.05, 0) is 12.1 Å². The van der Waals surface area contributed by atoms with Crippen molar-refractivity contribution in [1.29, 1.82) is 0 Å². The Labute approximate surface area is 90.3 Å². The van der Waals surface area contributed by atoms with Crippen LogP contribution in [0.2, 0.25) is 0 Å². The number of hydrogen-bond donors (Lipinski definition) is 3. The third-order valence-corrected chi connectivity index (χ3v) is 1.84. The summed E-state index contributed by atoms with van der Waals surface area (Å²) < 4.78 is 0. The van der Waals surface area contributed by atoms with Crippen LogP contribution in [0.1, 0.15) is 16.2 Å². The minimum atomic E-state index is -0.265. The molecule has 82 valence electrons. The largest absolute Gasteiger partial charge is 0.384 e. The van der Waals surface area contributed by atoms with Gasteiger partial charge in [0.2, 0.25) is 0 Å². The van der Waals surface area contributed by atoms with Gasteiger partial charge >= 0.3 is 0 Å². The Morgan fingerprint density at radius 3 is 3.12 bits per heavy atom. The molecule has 0 saturated heterocycles. The molecule has 0 bridgehead atoms. The fourth-order valence-corrected chi connectivity index (χ4v) is 1.11. The number of pyridine rings is 1. The van der Waals surface area contributed by atoms with Crippen molar-refractivity contribution in [1.82, 2.24) is 30.9 Å². The van der Waals surface area contributed by atoms with Crippen molar-refractivity contribution < 1.29 is 4.79 Å². The van der Waals surface area contributed by atoms with Crippen LogP contribution in [0, 0.1) is 0 Å². The SMILES string of the molecule is Nc1cc(C(=O)NCc2nn[nH]n2)ccn1. The molecular weight excluding hydrogens is 210 g/mol. The highest BCUT2D eigenvalue weighted by atomic mass is 16.1. The summed E-state index contributed by atoms with van der Waals surface area (Å²) in [6.45, 7) is 0.206. The van der Waals surface area contributed by atoms with Crippen LogP contribution in [0.15, 0.2) is 18.3 Å². The van der Waals surface area contributed by atoms with Crippen LogP contribution in [-0.2, 0) is 6.54 Å². The third-order valence-electron chi connectivity index (χ3n) is 1.84. The van der Waals surface area contributed by atoms with E-state index < -0.39 is 0 Å². The first-order valence-electron chi connectivity index (χ1n) is 4.48. The molecule has 0 saturated carbocycles. The van der Waals surface area contributed by atoms with Gasteiger partial charge in [-0.2, -0.15) is 5.21 Å². The van der Waals surface area contributed by atoms with E-state index in [4.69, 9.17) is 5.73 Å². The number of nitrogens with two attached hydrogens (primary N) is 1. The molecule has 0 aliphatic heterocycles. The zero-order valence-electron chi connectivity index (χ0n) is 8.21. The molecule has 8 heteroatoms. The van der Waals surface area contributed by atoms with Crippen molar-refractivity contribution in [2.75, 3.05) is 5.73 Å². The van der Waals surface area contributed by atoms with Crippen LogP contribution < -0.4 is 11.1 Å². The molecule has 0 aromatic carbocycles. The van der Waals surface area contributed by atoms with Gasteiger partial charge in [-0.1, -0.05) is 5.21 Å². The number of tetrazole rings is 1. The Morgan fingerprint density at radius 2 is 2.44 bits per heavy atom. The lowest BCUT2D eigenvalue weighted by Gasteiger charge is -2.02. The number of nitrogen functional groups attached to an aromatic ring is 1. The lowest BCUT2D eigenvalue weighted by molar-refractivity contribution is 0.0950. The van der Waals surface area contributed by atoms with Gasteiger partial charge in [-0.3, -0.25) is 4.79 Å². The summed E-state index contributed by atoms with van der Waals surface area (Å²) in [6, 6.07) is 3.06. The number of amides is 1. The molecular formula is C8H9N7O. The van der Waals surface area contributed by atoms with Crippen molar-refractivity contribution in [2.45, 2.75) is 6.54 Å². The smallest absolute Gasteiger partial charge is 0.251 e. The van der Waals surface area contributed by atoms with E-state index in [0.717, 1.165) is 0 Å². The molecule has 0 spiro atoms. The van der Waals surface area contributed by atoms with Crippen LogP contribution in [0.25, 0.3) is 0 Å². The second-order valence-electron chi connectivity index (χ2n) is 2.98. The molecule has 2 heterocycles. The van der Waals surface area contributed by atoms with Gasteiger partial charge in [0.05, 0.1) is 6.54 Å². The minimum absolute atomic E-state index is 0.206.